The molecule has 0 radical (unpaired) electrons. The van der Waals surface area contributed by atoms with Gasteiger partial charge in [0.1, 0.15) is 0 Å². The molecule has 0 spiro atoms. The molecule has 98 valence electrons. The normalized spacial score (nSPS) is 12.2. The first kappa shape index (κ1) is 12.4. The molecule has 1 aliphatic carbocycles. The SMILES string of the molecule is C=CC(c1ccccc1)n1ccc2cccc(=O)c-2c1. The zero-order chi connectivity index (χ0) is 13.9. The van der Waals surface area contributed by atoms with Gasteiger partial charge in [-0.25, -0.2) is 0 Å². The number of rotatable bonds is 3. The Kier molecular flexibility index (Phi) is 3.21. The van der Waals surface area contributed by atoms with Crippen molar-refractivity contribution in [2.45, 2.75) is 6.04 Å². The lowest BCUT2D eigenvalue weighted by Crippen LogP contribution is -2.12. The van der Waals surface area contributed by atoms with Gasteiger partial charge in [-0.1, -0.05) is 48.5 Å². The number of hydrogen-bond donors (Lipinski definition) is 0. The third-order valence-electron chi connectivity index (χ3n) is 3.49. The summed E-state index contributed by atoms with van der Waals surface area (Å²) in [6.45, 7) is 3.92. The van der Waals surface area contributed by atoms with Gasteiger partial charge in [-0.2, -0.15) is 0 Å². The van der Waals surface area contributed by atoms with E-state index in [2.05, 4.69) is 18.7 Å². The molecule has 1 atom stereocenters. The van der Waals surface area contributed by atoms with Crippen LogP contribution in [0.4, 0.5) is 0 Å². The molecule has 0 bridgehead atoms. The van der Waals surface area contributed by atoms with Crippen LogP contribution in [0.1, 0.15) is 11.6 Å². The van der Waals surface area contributed by atoms with E-state index in [9.17, 15) is 4.79 Å². The van der Waals surface area contributed by atoms with Gasteiger partial charge in [0.05, 0.1) is 6.04 Å². The predicted molar refractivity (Wildman–Crippen MR) is 82.1 cm³/mol. The second kappa shape index (κ2) is 5.17. The minimum atomic E-state index is 0.0280. The van der Waals surface area contributed by atoms with Crippen LogP contribution in [0.2, 0.25) is 0 Å². The predicted octanol–water partition coefficient (Wildman–Crippen LogP) is 3.73. The number of benzene rings is 2. The van der Waals surface area contributed by atoms with Gasteiger partial charge in [0.25, 0.3) is 0 Å². The van der Waals surface area contributed by atoms with Crippen LogP contribution < -0.4 is 5.43 Å². The fraction of sp³-hybridized carbons (Fsp3) is 0.0556. The maximum atomic E-state index is 11.9. The van der Waals surface area contributed by atoms with E-state index >= 15 is 0 Å². The third-order valence-corrected chi connectivity index (χ3v) is 3.49. The van der Waals surface area contributed by atoms with Gasteiger partial charge >= 0.3 is 0 Å². The second-order valence-electron chi connectivity index (χ2n) is 4.74. The standard InChI is InChI=1S/C18H15NO/c1-2-17(15-7-4-3-5-8-15)19-12-11-14-9-6-10-18(20)16(14)13-19/h2-13,17H,1H2. The maximum absolute atomic E-state index is 11.9. The molecule has 1 aromatic carbocycles. The molecule has 1 aliphatic heterocycles. The van der Waals surface area contributed by atoms with Crippen molar-refractivity contribution >= 4 is 0 Å². The molecule has 0 aromatic heterocycles. The van der Waals surface area contributed by atoms with Crippen LogP contribution in [0.3, 0.4) is 0 Å². The van der Waals surface area contributed by atoms with Crippen molar-refractivity contribution in [2.75, 3.05) is 0 Å². The van der Waals surface area contributed by atoms with Gasteiger partial charge in [-0.3, -0.25) is 4.79 Å². The van der Waals surface area contributed by atoms with Crippen molar-refractivity contribution in [3.63, 3.8) is 0 Å². The molecule has 1 heterocycles. The van der Waals surface area contributed by atoms with E-state index in [0.717, 1.165) is 16.7 Å². The first-order chi connectivity index (χ1) is 9.79. The third kappa shape index (κ3) is 2.16. The molecule has 2 aliphatic rings. The zero-order valence-corrected chi connectivity index (χ0v) is 11.1. The molecule has 0 saturated heterocycles. The number of hydrogen-bond acceptors (Lipinski definition) is 1. The lowest BCUT2D eigenvalue weighted by molar-refractivity contribution is 0.696. The number of fused-ring (bicyclic) bond motifs is 1. The summed E-state index contributed by atoms with van der Waals surface area (Å²) < 4.78 is 2.02. The van der Waals surface area contributed by atoms with Crippen LogP contribution in [-0.4, -0.2) is 4.57 Å². The second-order valence-corrected chi connectivity index (χ2v) is 4.74. The molecule has 3 rings (SSSR count). The molecular weight excluding hydrogens is 246 g/mol. The van der Waals surface area contributed by atoms with Gasteiger partial charge in [0, 0.05) is 18.0 Å². The van der Waals surface area contributed by atoms with Crippen LogP contribution in [-0.2, 0) is 0 Å². The quantitative estimate of drug-likeness (QED) is 0.658. The summed E-state index contributed by atoms with van der Waals surface area (Å²) in [5.74, 6) is 0. The lowest BCUT2D eigenvalue weighted by atomic mass is 10.0. The van der Waals surface area contributed by atoms with Crippen molar-refractivity contribution in [1.82, 2.24) is 4.57 Å². The lowest BCUT2D eigenvalue weighted by Gasteiger charge is -2.19. The van der Waals surface area contributed by atoms with Gasteiger partial charge in [-0.05, 0) is 23.3 Å². The molecule has 0 N–H and O–H groups in total. The fourth-order valence-corrected chi connectivity index (χ4v) is 2.46. The highest BCUT2D eigenvalue weighted by Crippen LogP contribution is 2.23. The largest absolute Gasteiger partial charge is 0.343 e. The highest BCUT2D eigenvalue weighted by atomic mass is 16.1. The van der Waals surface area contributed by atoms with Crippen LogP contribution in [0.15, 0.2) is 84.4 Å². The molecular formula is C18H15NO. The van der Waals surface area contributed by atoms with E-state index in [1.54, 1.807) is 12.1 Å². The van der Waals surface area contributed by atoms with Crippen LogP contribution in [0.5, 0.6) is 0 Å². The Labute approximate surface area is 118 Å². The van der Waals surface area contributed by atoms with E-state index < -0.39 is 0 Å². The van der Waals surface area contributed by atoms with Gasteiger partial charge in [0.15, 0.2) is 5.43 Å². The number of pyridine rings is 1. The topological polar surface area (TPSA) is 22.0 Å². The van der Waals surface area contributed by atoms with E-state index in [1.165, 1.54) is 0 Å². The summed E-state index contributed by atoms with van der Waals surface area (Å²) in [6, 6.07) is 17.5. The summed E-state index contributed by atoms with van der Waals surface area (Å²) >= 11 is 0. The van der Waals surface area contributed by atoms with Crippen molar-refractivity contribution in [3.8, 4) is 11.1 Å². The Balaban J connectivity index is 2.14. The molecule has 1 unspecified atom stereocenters. The average Bonchev–Trinajstić information content (AvgIpc) is 2.50. The number of nitrogens with zero attached hydrogens (tertiary/aromatic N) is 1. The number of aromatic nitrogens is 1. The van der Waals surface area contributed by atoms with Gasteiger partial charge < -0.3 is 4.57 Å². The monoisotopic (exact) mass is 261 g/mol. The first-order valence-corrected chi connectivity index (χ1v) is 6.57. The van der Waals surface area contributed by atoms with Crippen molar-refractivity contribution < 1.29 is 0 Å². The Morgan fingerprint density at radius 2 is 1.80 bits per heavy atom. The number of allylic oxidation sites excluding steroid dienone is 1. The Hall–Kier alpha value is -2.61. The van der Waals surface area contributed by atoms with Crippen LogP contribution >= 0.6 is 0 Å². The highest BCUT2D eigenvalue weighted by molar-refractivity contribution is 5.63. The first-order valence-electron chi connectivity index (χ1n) is 6.57. The maximum Gasteiger partial charge on any atom is 0.187 e. The van der Waals surface area contributed by atoms with Crippen molar-refractivity contribution in [3.05, 3.63) is 95.4 Å². The molecule has 1 aromatic rings. The molecule has 20 heavy (non-hydrogen) atoms. The van der Waals surface area contributed by atoms with Crippen LogP contribution in [0, 0.1) is 0 Å². The Bertz CT molecular complexity index is 758. The smallest absolute Gasteiger partial charge is 0.187 e. The fourth-order valence-electron chi connectivity index (χ4n) is 2.46. The zero-order valence-electron chi connectivity index (χ0n) is 11.1. The van der Waals surface area contributed by atoms with Gasteiger partial charge in [0.2, 0.25) is 0 Å². The summed E-state index contributed by atoms with van der Waals surface area (Å²) in [6.07, 6.45) is 5.77. The Morgan fingerprint density at radius 3 is 2.55 bits per heavy atom. The molecule has 0 saturated carbocycles. The summed E-state index contributed by atoms with van der Waals surface area (Å²) in [7, 11) is 0. The minimum absolute atomic E-state index is 0.0280. The molecule has 2 nitrogen and oxygen atoms in total. The summed E-state index contributed by atoms with van der Waals surface area (Å²) in [4.78, 5) is 11.9. The molecule has 0 amide bonds. The van der Waals surface area contributed by atoms with Crippen LogP contribution in [0.25, 0.3) is 11.1 Å². The summed E-state index contributed by atoms with van der Waals surface area (Å²) in [5, 5.41) is 0. The van der Waals surface area contributed by atoms with E-state index in [-0.39, 0.29) is 11.5 Å². The van der Waals surface area contributed by atoms with E-state index in [0.29, 0.717) is 0 Å². The minimum Gasteiger partial charge on any atom is -0.343 e. The van der Waals surface area contributed by atoms with E-state index in [1.807, 2.05) is 53.4 Å². The van der Waals surface area contributed by atoms with E-state index in [4.69, 9.17) is 0 Å². The molecule has 0 fully saturated rings. The van der Waals surface area contributed by atoms with Crippen molar-refractivity contribution in [2.24, 2.45) is 0 Å². The Morgan fingerprint density at radius 1 is 1.00 bits per heavy atom. The summed E-state index contributed by atoms with van der Waals surface area (Å²) in [5.41, 5.74) is 2.89. The molecule has 2 heteroatoms. The average molecular weight is 261 g/mol. The van der Waals surface area contributed by atoms with Crippen molar-refractivity contribution in [1.29, 1.82) is 0 Å². The highest BCUT2D eigenvalue weighted by Gasteiger charge is 2.11. The van der Waals surface area contributed by atoms with Gasteiger partial charge in [-0.15, -0.1) is 6.58 Å².